The first-order chi connectivity index (χ1) is 12.2. The van der Waals surface area contributed by atoms with Gasteiger partial charge in [0.2, 0.25) is 0 Å². The van der Waals surface area contributed by atoms with E-state index in [0.29, 0.717) is 5.69 Å². The number of aromatic nitrogens is 2. The number of likely N-dealkylation sites (N-methyl/N-ethyl adjacent to an activating group) is 1. The van der Waals surface area contributed by atoms with Crippen LogP contribution in [-0.4, -0.2) is 65.4 Å². The summed E-state index contributed by atoms with van der Waals surface area (Å²) in [6, 6.07) is 10.2. The second-order valence-electron chi connectivity index (χ2n) is 6.33. The highest BCUT2D eigenvalue weighted by Crippen LogP contribution is 2.13. The Labute approximate surface area is 149 Å². The molecule has 0 bridgehead atoms. The Kier molecular flexibility index (Phi) is 5.60. The maximum atomic E-state index is 12.6. The SMILES string of the molecule is CCN1CCN(C(=O)c2cnc(N(C)Cc3ccccc3)cn2)CC1. The molecular weight excluding hydrogens is 314 g/mol. The molecule has 2 aromatic rings. The predicted molar refractivity (Wildman–Crippen MR) is 98.6 cm³/mol. The number of hydrogen-bond donors (Lipinski definition) is 0. The minimum absolute atomic E-state index is 0.0273. The van der Waals surface area contributed by atoms with E-state index in [-0.39, 0.29) is 5.91 Å². The van der Waals surface area contributed by atoms with Crippen molar-refractivity contribution in [2.45, 2.75) is 13.5 Å². The van der Waals surface area contributed by atoms with Gasteiger partial charge in [-0.05, 0) is 12.1 Å². The number of carbonyl (C=O) groups is 1. The Morgan fingerprint density at radius 3 is 2.40 bits per heavy atom. The third-order valence-electron chi connectivity index (χ3n) is 4.62. The molecule has 0 unspecified atom stereocenters. The van der Waals surface area contributed by atoms with Gasteiger partial charge in [-0.15, -0.1) is 0 Å². The summed E-state index contributed by atoms with van der Waals surface area (Å²) in [6.07, 6.45) is 3.27. The molecule has 1 aliphatic heterocycles. The fourth-order valence-electron chi connectivity index (χ4n) is 3.00. The molecule has 1 fully saturated rings. The van der Waals surface area contributed by atoms with Crippen LogP contribution in [0.5, 0.6) is 0 Å². The molecule has 0 atom stereocenters. The second-order valence-corrected chi connectivity index (χ2v) is 6.33. The van der Waals surface area contributed by atoms with Gasteiger partial charge in [-0.2, -0.15) is 0 Å². The number of anilines is 1. The Morgan fingerprint density at radius 2 is 1.80 bits per heavy atom. The van der Waals surface area contributed by atoms with Gasteiger partial charge in [-0.1, -0.05) is 37.3 Å². The Bertz CT molecular complexity index is 681. The van der Waals surface area contributed by atoms with Crippen molar-refractivity contribution >= 4 is 11.7 Å². The molecule has 0 radical (unpaired) electrons. The average molecular weight is 339 g/mol. The van der Waals surface area contributed by atoms with E-state index in [9.17, 15) is 4.79 Å². The van der Waals surface area contributed by atoms with Gasteiger partial charge in [0.05, 0.1) is 12.4 Å². The molecule has 0 spiro atoms. The van der Waals surface area contributed by atoms with Gasteiger partial charge in [-0.25, -0.2) is 9.97 Å². The van der Waals surface area contributed by atoms with Crippen LogP contribution in [0, 0.1) is 0 Å². The zero-order valence-electron chi connectivity index (χ0n) is 14.9. The maximum absolute atomic E-state index is 12.6. The number of amides is 1. The highest BCUT2D eigenvalue weighted by molar-refractivity contribution is 5.92. The van der Waals surface area contributed by atoms with Crippen molar-refractivity contribution in [2.75, 3.05) is 44.7 Å². The van der Waals surface area contributed by atoms with Gasteiger partial charge in [0.25, 0.3) is 5.91 Å². The van der Waals surface area contributed by atoms with E-state index < -0.39 is 0 Å². The van der Waals surface area contributed by atoms with Gasteiger partial charge in [0, 0.05) is 39.8 Å². The topological polar surface area (TPSA) is 52.6 Å². The molecule has 132 valence electrons. The van der Waals surface area contributed by atoms with Crippen LogP contribution >= 0.6 is 0 Å². The van der Waals surface area contributed by atoms with Crippen LogP contribution in [0.25, 0.3) is 0 Å². The predicted octanol–water partition coefficient (Wildman–Crippen LogP) is 1.89. The van der Waals surface area contributed by atoms with E-state index in [4.69, 9.17) is 0 Å². The van der Waals surface area contributed by atoms with E-state index in [1.165, 1.54) is 5.56 Å². The monoisotopic (exact) mass is 339 g/mol. The van der Waals surface area contributed by atoms with Gasteiger partial charge < -0.3 is 14.7 Å². The van der Waals surface area contributed by atoms with Crippen LogP contribution in [0.1, 0.15) is 23.0 Å². The minimum Gasteiger partial charge on any atom is -0.354 e. The van der Waals surface area contributed by atoms with Crippen molar-refractivity contribution in [2.24, 2.45) is 0 Å². The van der Waals surface area contributed by atoms with Gasteiger partial charge in [-0.3, -0.25) is 4.79 Å². The quantitative estimate of drug-likeness (QED) is 0.833. The highest BCUT2D eigenvalue weighted by Gasteiger charge is 2.22. The first-order valence-electron chi connectivity index (χ1n) is 8.76. The number of benzene rings is 1. The first kappa shape index (κ1) is 17.4. The molecule has 6 nitrogen and oxygen atoms in total. The summed E-state index contributed by atoms with van der Waals surface area (Å²) in [5.74, 6) is 0.733. The van der Waals surface area contributed by atoms with E-state index in [1.54, 1.807) is 12.4 Å². The number of piperazine rings is 1. The molecule has 0 N–H and O–H groups in total. The van der Waals surface area contributed by atoms with Crippen molar-refractivity contribution in [1.29, 1.82) is 0 Å². The van der Waals surface area contributed by atoms with Crippen LogP contribution in [0.3, 0.4) is 0 Å². The molecule has 3 rings (SSSR count). The van der Waals surface area contributed by atoms with Gasteiger partial charge >= 0.3 is 0 Å². The summed E-state index contributed by atoms with van der Waals surface area (Å²) in [7, 11) is 1.97. The van der Waals surface area contributed by atoms with E-state index >= 15 is 0 Å². The molecule has 0 aliphatic carbocycles. The molecular formula is C19H25N5O. The molecule has 1 aromatic carbocycles. The lowest BCUT2D eigenvalue weighted by Gasteiger charge is -2.33. The molecule has 25 heavy (non-hydrogen) atoms. The van der Waals surface area contributed by atoms with Crippen LogP contribution in [-0.2, 0) is 6.54 Å². The van der Waals surface area contributed by atoms with E-state index in [0.717, 1.165) is 45.1 Å². The van der Waals surface area contributed by atoms with E-state index in [1.807, 2.05) is 35.0 Å². The van der Waals surface area contributed by atoms with Crippen molar-refractivity contribution < 1.29 is 4.79 Å². The normalized spacial score (nSPS) is 15.2. The van der Waals surface area contributed by atoms with Crippen LogP contribution in [0.4, 0.5) is 5.82 Å². The average Bonchev–Trinajstić information content (AvgIpc) is 2.68. The summed E-state index contributed by atoms with van der Waals surface area (Å²) < 4.78 is 0. The maximum Gasteiger partial charge on any atom is 0.274 e. The standard InChI is InChI=1S/C19H25N5O/c1-3-23-9-11-24(12-10-23)19(25)17-13-21-18(14-20-17)22(2)15-16-7-5-4-6-8-16/h4-8,13-14H,3,9-12,15H2,1-2H3. The van der Waals surface area contributed by atoms with Crippen LogP contribution in [0.2, 0.25) is 0 Å². The lowest BCUT2D eigenvalue weighted by Crippen LogP contribution is -2.48. The molecule has 1 aromatic heterocycles. The molecule has 2 heterocycles. The van der Waals surface area contributed by atoms with Crippen molar-refractivity contribution in [3.63, 3.8) is 0 Å². The van der Waals surface area contributed by atoms with Crippen molar-refractivity contribution in [1.82, 2.24) is 19.8 Å². The fourth-order valence-corrected chi connectivity index (χ4v) is 3.00. The largest absolute Gasteiger partial charge is 0.354 e. The zero-order chi connectivity index (χ0) is 17.6. The Morgan fingerprint density at radius 1 is 1.08 bits per heavy atom. The summed E-state index contributed by atoms with van der Waals surface area (Å²) in [4.78, 5) is 27.6. The van der Waals surface area contributed by atoms with E-state index in [2.05, 4.69) is 33.9 Å². The third-order valence-corrected chi connectivity index (χ3v) is 4.62. The fraction of sp³-hybridized carbons (Fsp3) is 0.421. The number of carbonyl (C=O) groups excluding carboxylic acids is 1. The van der Waals surface area contributed by atoms with Crippen LogP contribution < -0.4 is 4.90 Å². The van der Waals surface area contributed by atoms with Gasteiger partial charge in [0.1, 0.15) is 11.5 Å². The molecule has 0 saturated carbocycles. The van der Waals surface area contributed by atoms with Crippen molar-refractivity contribution in [3.05, 3.63) is 54.0 Å². The van der Waals surface area contributed by atoms with Crippen molar-refractivity contribution in [3.8, 4) is 0 Å². The number of hydrogen-bond acceptors (Lipinski definition) is 5. The Hall–Kier alpha value is -2.47. The molecule has 1 aliphatic rings. The lowest BCUT2D eigenvalue weighted by molar-refractivity contribution is 0.0637. The highest BCUT2D eigenvalue weighted by atomic mass is 16.2. The van der Waals surface area contributed by atoms with Crippen LogP contribution in [0.15, 0.2) is 42.7 Å². The summed E-state index contributed by atoms with van der Waals surface area (Å²) in [5.41, 5.74) is 1.63. The lowest BCUT2D eigenvalue weighted by atomic mass is 10.2. The minimum atomic E-state index is -0.0273. The second kappa shape index (κ2) is 8.07. The summed E-state index contributed by atoms with van der Waals surface area (Å²) in [6.45, 7) is 7.29. The summed E-state index contributed by atoms with van der Waals surface area (Å²) in [5, 5.41) is 0. The number of nitrogens with zero attached hydrogens (tertiary/aromatic N) is 5. The molecule has 6 heteroatoms. The molecule has 1 saturated heterocycles. The zero-order valence-corrected chi connectivity index (χ0v) is 14.9. The summed E-state index contributed by atoms with van der Waals surface area (Å²) >= 11 is 0. The Balaban J connectivity index is 1.61. The number of rotatable bonds is 5. The smallest absolute Gasteiger partial charge is 0.274 e. The molecule has 1 amide bonds. The third kappa shape index (κ3) is 4.33. The first-order valence-corrected chi connectivity index (χ1v) is 8.76. The van der Waals surface area contributed by atoms with Gasteiger partial charge in [0.15, 0.2) is 0 Å².